The molecule has 2 aromatic heterocycles. The molecule has 1 N–H and O–H groups in total. The first-order valence-electron chi connectivity index (χ1n) is 9.34. The third-order valence-electron chi connectivity index (χ3n) is 5.53. The lowest BCUT2D eigenvalue weighted by molar-refractivity contribution is 0.0965. The lowest BCUT2D eigenvalue weighted by atomic mass is 10.0. The van der Waals surface area contributed by atoms with E-state index in [2.05, 4.69) is 28.5 Å². The summed E-state index contributed by atoms with van der Waals surface area (Å²) >= 11 is 0. The third kappa shape index (κ3) is 2.49. The standard InChI is InChI=1S/C22H21N3O/c26-22(18-7-6-15-3-1-4-17(15)13-18)25-14-19(16-8-11-23-12-9-16)21-20(25)5-2-10-24-21/h2,5-8,10,13-14,23H,1,3-4,9,11-12H2. The summed E-state index contributed by atoms with van der Waals surface area (Å²) in [4.78, 5) is 17.8. The number of hydrogen-bond donors (Lipinski definition) is 1. The minimum absolute atomic E-state index is 0.0264. The Morgan fingerprint density at radius 3 is 2.92 bits per heavy atom. The molecule has 0 amide bonds. The van der Waals surface area contributed by atoms with Gasteiger partial charge < -0.3 is 5.32 Å². The van der Waals surface area contributed by atoms with Crippen molar-refractivity contribution in [2.24, 2.45) is 0 Å². The fourth-order valence-electron chi connectivity index (χ4n) is 4.17. The first-order valence-corrected chi connectivity index (χ1v) is 9.34. The summed E-state index contributed by atoms with van der Waals surface area (Å²) < 4.78 is 1.78. The number of fused-ring (bicyclic) bond motifs is 2. The van der Waals surface area contributed by atoms with Crippen molar-refractivity contribution in [2.45, 2.75) is 25.7 Å². The van der Waals surface area contributed by atoms with E-state index in [1.165, 1.54) is 23.1 Å². The SMILES string of the molecule is O=C(c1ccc2c(c1)CCC2)n1cc(C2=CCNCC2)c2ncccc21. The largest absolute Gasteiger partial charge is 0.313 e. The average Bonchev–Trinajstić information content (AvgIpc) is 3.32. The zero-order chi connectivity index (χ0) is 17.5. The fraction of sp³-hybridized carbons (Fsp3) is 0.273. The maximum Gasteiger partial charge on any atom is 0.262 e. The molecule has 3 heterocycles. The second-order valence-corrected chi connectivity index (χ2v) is 7.11. The zero-order valence-electron chi connectivity index (χ0n) is 14.7. The zero-order valence-corrected chi connectivity index (χ0v) is 14.7. The van der Waals surface area contributed by atoms with Gasteiger partial charge in [-0.1, -0.05) is 12.1 Å². The Labute approximate surface area is 152 Å². The highest BCUT2D eigenvalue weighted by Crippen LogP contribution is 2.30. The number of benzene rings is 1. The van der Waals surface area contributed by atoms with Crippen molar-refractivity contribution >= 4 is 22.5 Å². The van der Waals surface area contributed by atoms with Crippen LogP contribution in [0, 0.1) is 0 Å². The number of carbonyl (C=O) groups excluding carboxylic acids is 1. The van der Waals surface area contributed by atoms with Gasteiger partial charge in [-0.25, -0.2) is 0 Å². The van der Waals surface area contributed by atoms with Crippen molar-refractivity contribution in [3.8, 4) is 0 Å². The number of hydrogen-bond acceptors (Lipinski definition) is 3. The number of nitrogens with zero attached hydrogens (tertiary/aromatic N) is 2. The van der Waals surface area contributed by atoms with E-state index in [9.17, 15) is 4.79 Å². The molecule has 0 atom stereocenters. The smallest absolute Gasteiger partial charge is 0.262 e. The van der Waals surface area contributed by atoms with Crippen LogP contribution in [-0.2, 0) is 12.8 Å². The van der Waals surface area contributed by atoms with Crippen LogP contribution in [0.2, 0.25) is 0 Å². The molecule has 2 aliphatic rings. The molecular weight excluding hydrogens is 322 g/mol. The Balaban J connectivity index is 1.62. The van der Waals surface area contributed by atoms with E-state index in [1.807, 2.05) is 24.4 Å². The highest BCUT2D eigenvalue weighted by atomic mass is 16.2. The van der Waals surface area contributed by atoms with Crippen LogP contribution in [0.25, 0.3) is 16.6 Å². The van der Waals surface area contributed by atoms with Crippen LogP contribution in [0.5, 0.6) is 0 Å². The van der Waals surface area contributed by atoms with Gasteiger partial charge in [0.1, 0.15) is 0 Å². The lowest BCUT2D eigenvalue weighted by Crippen LogP contribution is -2.20. The molecule has 0 spiro atoms. The van der Waals surface area contributed by atoms with Crippen molar-refractivity contribution in [3.63, 3.8) is 0 Å². The molecule has 0 unspecified atom stereocenters. The Kier molecular flexibility index (Phi) is 3.71. The van der Waals surface area contributed by atoms with Crippen LogP contribution >= 0.6 is 0 Å². The van der Waals surface area contributed by atoms with Crippen LogP contribution in [0.4, 0.5) is 0 Å². The minimum atomic E-state index is 0.0264. The van der Waals surface area contributed by atoms with Gasteiger partial charge in [-0.05, 0) is 73.2 Å². The Morgan fingerprint density at radius 2 is 2.04 bits per heavy atom. The Bertz CT molecular complexity index is 1040. The molecule has 0 bridgehead atoms. The summed E-state index contributed by atoms with van der Waals surface area (Å²) in [7, 11) is 0. The molecule has 4 heteroatoms. The number of aryl methyl sites for hydroxylation is 2. The van der Waals surface area contributed by atoms with E-state index in [-0.39, 0.29) is 5.91 Å². The summed E-state index contributed by atoms with van der Waals surface area (Å²) in [5.41, 5.74) is 7.62. The summed E-state index contributed by atoms with van der Waals surface area (Å²) in [6.07, 6.45) is 10.3. The molecule has 130 valence electrons. The highest BCUT2D eigenvalue weighted by molar-refractivity contribution is 6.04. The average molecular weight is 343 g/mol. The van der Waals surface area contributed by atoms with Crippen LogP contribution in [0.15, 0.2) is 48.8 Å². The van der Waals surface area contributed by atoms with Gasteiger partial charge in [0.25, 0.3) is 5.91 Å². The van der Waals surface area contributed by atoms with E-state index < -0.39 is 0 Å². The molecule has 1 aliphatic carbocycles. The van der Waals surface area contributed by atoms with Crippen molar-refractivity contribution in [1.82, 2.24) is 14.9 Å². The van der Waals surface area contributed by atoms with Gasteiger partial charge >= 0.3 is 0 Å². The molecule has 0 radical (unpaired) electrons. The maximum atomic E-state index is 13.3. The van der Waals surface area contributed by atoms with Gasteiger partial charge in [0.2, 0.25) is 0 Å². The van der Waals surface area contributed by atoms with E-state index in [0.29, 0.717) is 0 Å². The van der Waals surface area contributed by atoms with Crippen molar-refractivity contribution in [2.75, 3.05) is 13.1 Å². The van der Waals surface area contributed by atoms with E-state index in [4.69, 9.17) is 0 Å². The molecule has 26 heavy (non-hydrogen) atoms. The second-order valence-electron chi connectivity index (χ2n) is 7.11. The molecular formula is C22H21N3O. The number of pyridine rings is 1. The van der Waals surface area contributed by atoms with Crippen LogP contribution in [0.3, 0.4) is 0 Å². The second kappa shape index (κ2) is 6.22. The van der Waals surface area contributed by atoms with Crippen molar-refractivity contribution in [1.29, 1.82) is 0 Å². The number of carbonyl (C=O) groups is 1. The molecule has 3 aromatic rings. The first-order chi connectivity index (χ1) is 12.8. The first kappa shape index (κ1) is 15.5. The van der Waals surface area contributed by atoms with Crippen LogP contribution < -0.4 is 5.32 Å². The maximum absolute atomic E-state index is 13.3. The Morgan fingerprint density at radius 1 is 1.12 bits per heavy atom. The Hall–Kier alpha value is -2.72. The van der Waals surface area contributed by atoms with E-state index in [1.54, 1.807) is 10.8 Å². The fourth-order valence-corrected chi connectivity index (χ4v) is 4.17. The number of rotatable bonds is 2. The van der Waals surface area contributed by atoms with Crippen molar-refractivity contribution in [3.05, 3.63) is 71.1 Å². The molecule has 0 saturated heterocycles. The van der Waals surface area contributed by atoms with Gasteiger partial charge in [-0.2, -0.15) is 0 Å². The van der Waals surface area contributed by atoms with Gasteiger partial charge in [0.05, 0.1) is 11.0 Å². The molecule has 1 aliphatic heterocycles. The summed E-state index contributed by atoms with van der Waals surface area (Å²) in [6, 6.07) is 10.1. The molecule has 0 saturated carbocycles. The van der Waals surface area contributed by atoms with Gasteiger partial charge in [0, 0.05) is 30.1 Å². The molecule has 1 aromatic carbocycles. The van der Waals surface area contributed by atoms with E-state index in [0.717, 1.165) is 54.5 Å². The number of nitrogens with one attached hydrogen (secondary N) is 1. The summed E-state index contributed by atoms with van der Waals surface area (Å²) in [5.74, 6) is 0.0264. The van der Waals surface area contributed by atoms with Gasteiger partial charge in [-0.3, -0.25) is 14.3 Å². The predicted octanol–water partition coefficient (Wildman–Crippen LogP) is 3.59. The molecule has 0 fully saturated rings. The quantitative estimate of drug-likeness (QED) is 0.773. The molecule has 4 nitrogen and oxygen atoms in total. The topological polar surface area (TPSA) is 46.9 Å². The summed E-state index contributed by atoms with van der Waals surface area (Å²) in [6.45, 7) is 1.83. The van der Waals surface area contributed by atoms with Gasteiger partial charge in [-0.15, -0.1) is 0 Å². The monoisotopic (exact) mass is 343 g/mol. The lowest BCUT2D eigenvalue weighted by Gasteiger charge is -2.12. The summed E-state index contributed by atoms with van der Waals surface area (Å²) in [5, 5.41) is 3.34. The predicted molar refractivity (Wildman–Crippen MR) is 103 cm³/mol. The van der Waals surface area contributed by atoms with Crippen LogP contribution in [0.1, 0.15) is 39.9 Å². The van der Waals surface area contributed by atoms with Gasteiger partial charge in [0.15, 0.2) is 0 Å². The normalized spacial score (nSPS) is 16.5. The molecule has 5 rings (SSSR count). The minimum Gasteiger partial charge on any atom is -0.313 e. The van der Waals surface area contributed by atoms with E-state index >= 15 is 0 Å². The highest BCUT2D eigenvalue weighted by Gasteiger charge is 2.20. The van der Waals surface area contributed by atoms with Crippen molar-refractivity contribution < 1.29 is 4.79 Å². The van der Waals surface area contributed by atoms with Crippen LogP contribution in [-0.4, -0.2) is 28.5 Å². The third-order valence-corrected chi connectivity index (χ3v) is 5.53. The number of aromatic nitrogens is 2.